The summed E-state index contributed by atoms with van der Waals surface area (Å²) < 4.78 is 0. The molecule has 0 spiro atoms. The minimum Gasteiger partial charge on any atom is -0.481 e. The average molecular weight is 351 g/mol. The van der Waals surface area contributed by atoms with Crippen molar-refractivity contribution in [1.29, 1.82) is 0 Å². The molecule has 0 aromatic heterocycles. The van der Waals surface area contributed by atoms with Crippen LogP contribution in [0, 0.1) is 5.92 Å². The number of aliphatic carboxylic acids is 1. The van der Waals surface area contributed by atoms with Gasteiger partial charge in [0.05, 0.1) is 5.92 Å². The molecule has 0 bridgehead atoms. The molecule has 0 aliphatic rings. The summed E-state index contributed by atoms with van der Waals surface area (Å²) in [6.07, 6.45) is 3.16. The van der Waals surface area contributed by atoms with Gasteiger partial charge in [-0.05, 0) is 42.4 Å². The van der Waals surface area contributed by atoms with Gasteiger partial charge in [-0.2, -0.15) is 0 Å². The van der Waals surface area contributed by atoms with Crippen molar-refractivity contribution in [2.45, 2.75) is 52.4 Å². The van der Waals surface area contributed by atoms with Crippen LogP contribution in [0.1, 0.15) is 57.2 Å². The molecule has 26 heavy (non-hydrogen) atoms. The van der Waals surface area contributed by atoms with Crippen molar-refractivity contribution >= 4 is 5.97 Å². The smallest absolute Gasteiger partial charge is 0.310 e. The van der Waals surface area contributed by atoms with Gasteiger partial charge in [0.2, 0.25) is 0 Å². The highest BCUT2D eigenvalue weighted by Gasteiger charge is 2.31. The van der Waals surface area contributed by atoms with E-state index in [0.717, 1.165) is 12.0 Å². The monoisotopic (exact) mass is 350 g/mol. The van der Waals surface area contributed by atoms with Crippen LogP contribution in [-0.2, 0) is 16.6 Å². The lowest BCUT2D eigenvalue weighted by Gasteiger charge is -2.34. The molecule has 0 radical (unpaired) electrons. The summed E-state index contributed by atoms with van der Waals surface area (Å²) >= 11 is 0. The SMILES string of the molecule is CCc1ccc(C(C=C(C)C(C)C(=O)O)C(C)(C)c2ccccc2)cc1. The lowest BCUT2D eigenvalue weighted by Crippen LogP contribution is -2.26. The van der Waals surface area contributed by atoms with Crippen LogP contribution in [0.4, 0.5) is 0 Å². The summed E-state index contributed by atoms with van der Waals surface area (Å²) in [6, 6.07) is 19.2. The molecule has 0 aliphatic carbocycles. The number of carbonyl (C=O) groups is 1. The molecule has 2 nitrogen and oxygen atoms in total. The van der Waals surface area contributed by atoms with E-state index in [1.165, 1.54) is 16.7 Å². The Morgan fingerprint density at radius 3 is 2.15 bits per heavy atom. The second kappa shape index (κ2) is 8.35. The van der Waals surface area contributed by atoms with Crippen molar-refractivity contribution in [1.82, 2.24) is 0 Å². The highest BCUT2D eigenvalue weighted by Crippen LogP contribution is 2.41. The van der Waals surface area contributed by atoms with Crippen molar-refractivity contribution in [3.05, 3.63) is 82.9 Å². The molecule has 2 aromatic carbocycles. The molecule has 2 aromatic rings. The summed E-state index contributed by atoms with van der Waals surface area (Å²) in [4.78, 5) is 11.4. The average Bonchev–Trinajstić information content (AvgIpc) is 2.65. The normalized spacial score (nSPS) is 14.7. The number of hydrogen-bond acceptors (Lipinski definition) is 1. The quantitative estimate of drug-likeness (QED) is 0.624. The van der Waals surface area contributed by atoms with Gasteiger partial charge in [-0.1, -0.05) is 87.0 Å². The van der Waals surface area contributed by atoms with Gasteiger partial charge < -0.3 is 5.11 Å². The van der Waals surface area contributed by atoms with Crippen LogP contribution in [0.3, 0.4) is 0 Å². The molecule has 0 saturated carbocycles. The Balaban J connectivity index is 2.54. The number of allylic oxidation sites excluding steroid dienone is 1. The molecule has 0 saturated heterocycles. The molecule has 2 unspecified atom stereocenters. The lowest BCUT2D eigenvalue weighted by molar-refractivity contribution is -0.139. The predicted molar refractivity (Wildman–Crippen MR) is 109 cm³/mol. The maximum atomic E-state index is 11.4. The lowest BCUT2D eigenvalue weighted by atomic mass is 9.69. The van der Waals surface area contributed by atoms with E-state index in [1.807, 2.05) is 13.0 Å². The Bertz CT molecular complexity index is 755. The number of benzene rings is 2. The minimum absolute atomic E-state index is 0.0950. The molecule has 138 valence electrons. The Morgan fingerprint density at radius 1 is 1.08 bits per heavy atom. The Labute approximate surface area is 157 Å². The summed E-state index contributed by atoms with van der Waals surface area (Å²) in [6.45, 7) is 10.3. The molecule has 0 aliphatic heterocycles. The minimum atomic E-state index is -0.781. The van der Waals surface area contributed by atoms with Crippen LogP contribution < -0.4 is 0 Å². The van der Waals surface area contributed by atoms with Crippen LogP contribution in [-0.4, -0.2) is 11.1 Å². The Hall–Kier alpha value is -2.35. The zero-order valence-electron chi connectivity index (χ0n) is 16.5. The van der Waals surface area contributed by atoms with Crippen LogP contribution in [0.5, 0.6) is 0 Å². The van der Waals surface area contributed by atoms with E-state index < -0.39 is 11.9 Å². The van der Waals surface area contributed by atoms with Gasteiger partial charge >= 0.3 is 5.97 Å². The van der Waals surface area contributed by atoms with Gasteiger partial charge in [-0.3, -0.25) is 4.79 Å². The zero-order chi connectivity index (χ0) is 19.3. The first-order valence-corrected chi connectivity index (χ1v) is 9.32. The molecule has 0 amide bonds. The van der Waals surface area contributed by atoms with E-state index in [-0.39, 0.29) is 11.3 Å². The first-order chi connectivity index (χ1) is 12.3. The van der Waals surface area contributed by atoms with Gasteiger partial charge in [0.15, 0.2) is 0 Å². The zero-order valence-corrected chi connectivity index (χ0v) is 16.5. The van der Waals surface area contributed by atoms with E-state index >= 15 is 0 Å². The van der Waals surface area contributed by atoms with Crippen LogP contribution in [0.25, 0.3) is 0 Å². The summed E-state index contributed by atoms with van der Waals surface area (Å²) in [5.74, 6) is -1.17. The molecule has 2 heteroatoms. The van der Waals surface area contributed by atoms with Gasteiger partial charge in [0, 0.05) is 5.92 Å². The van der Waals surface area contributed by atoms with Gasteiger partial charge in [0.25, 0.3) is 0 Å². The van der Waals surface area contributed by atoms with Gasteiger partial charge in [0.1, 0.15) is 0 Å². The third-order valence-electron chi connectivity index (χ3n) is 5.53. The first kappa shape index (κ1) is 20.0. The fourth-order valence-electron chi connectivity index (χ4n) is 3.33. The van der Waals surface area contributed by atoms with E-state index in [1.54, 1.807) is 6.92 Å². The maximum Gasteiger partial charge on any atom is 0.310 e. The fourth-order valence-corrected chi connectivity index (χ4v) is 3.33. The highest BCUT2D eigenvalue weighted by atomic mass is 16.4. The van der Waals surface area contributed by atoms with Crippen molar-refractivity contribution < 1.29 is 9.90 Å². The van der Waals surface area contributed by atoms with Crippen LogP contribution in [0.2, 0.25) is 0 Å². The topological polar surface area (TPSA) is 37.3 Å². The second-order valence-corrected chi connectivity index (χ2v) is 7.63. The van der Waals surface area contributed by atoms with Crippen LogP contribution in [0.15, 0.2) is 66.2 Å². The van der Waals surface area contributed by atoms with E-state index in [2.05, 4.69) is 75.4 Å². The van der Waals surface area contributed by atoms with Crippen molar-refractivity contribution in [2.24, 2.45) is 5.92 Å². The molecule has 2 rings (SSSR count). The highest BCUT2D eigenvalue weighted by molar-refractivity contribution is 5.73. The van der Waals surface area contributed by atoms with E-state index in [4.69, 9.17) is 0 Å². The summed E-state index contributed by atoms with van der Waals surface area (Å²) in [7, 11) is 0. The molecular weight excluding hydrogens is 320 g/mol. The molecule has 0 fully saturated rings. The van der Waals surface area contributed by atoms with Gasteiger partial charge in [-0.15, -0.1) is 0 Å². The third-order valence-corrected chi connectivity index (χ3v) is 5.53. The van der Waals surface area contributed by atoms with Crippen molar-refractivity contribution in [3.63, 3.8) is 0 Å². The number of hydrogen-bond donors (Lipinski definition) is 1. The summed E-state index contributed by atoms with van der Waals surface area (Å²) in [5.41, 5.74) is 4.51. The van der Waals surface area contributed by atoms with Gasteiger partial charge in [-0.25, -0.2) is 0 Å². The molecule has 1 N–H and O–H groups in total. The fraction of sp³-hybridized carbons (Fsp3) is 0.375. The van der Waals surface area contributed by atoms with Crippen molar-refractivity contribution in [3.8, 4) is 0 Å². The van der Waals surface area contributed by atoms with Crippen LogP contribution >= 0.6 is 0 Å². The first-order valence-electron chi connectivity index (χ1n) is 9.32. The Morgan fingerprint density at radius 2 is 1.65 bits per heavy atom. The number of aryl methyl sites for hydroxylation is 1. The third kappa shape index (κ3) is 4.43. The van der Waals surface area contributed by atoms with E-state index in [9.17, 15) is 9.90 Å². The number of carboxylic acid groups (broad SMARTS) is 1. The molecule has 2 atom stereocenters. The predicted octanol–water partition coefficient (Wildman–Crippen LogP) is 5.98. The van der Waals surface area contributed by atoms with E-state index in [0.29, 0.717) is 0 Å². The Kier molecular flexibility index (Phi) is 6.42. The molecular formula is C24H30O2. The maximum absolute atomic E-state index is 11.4. The van der Waals surface area contributed by atoms with Crippen molar-refractivity contribution in [2.75, 3.05) is 0 Å². The molecule has 0 heterocycles. The number of rotatable bonds is 7. The standard InChI is InChI=1S/C24H30O2/c1-6-19-12-14-20(15-13-19)22(16-17(2)18(3)23(25)26)24(4,5)21-10-8-7-9-11-21/h7-16,18,22H,6H2,1-5H3,(H,25,26). The second-order valence-electron chi connectivity index (χ2n) is 7.63. The number of carboxylic acids is 1. The summed E-state index contributed by atoms with van der Waals surface area (Å²) in [5, 5.41) is 9.38. The largest absolute Gasteiger partial charge is 0.481 e.